The van der Waals surface area contributed by atoms with Crippen LogP contribution in [-0.4, -0.2) is 91.2 Å². The number of allylic oxidation sites excluding steroid dienone is 1. The zero-order chi connectivity index (χ0) is 38.1. The topological polar surface area (TPSA) is 178 Å². The van der Waals surface area contributed by atoms with E-state index < -0.39 is 80.0 Å². The number of Topliss-reactive ketones (excluding diaryl/α,β-unsaturated/α-hetero) is 1. The van der Waals surface area contributed by atoms with Gasteiger partial charge in [0, 0.05) is 24.9 Å². The van der Waals surface area contributed by atoms with Crippen molar-refractivity contribution in [2.45, 2.75) is 122 Å². The van der Waals surface area contributed by atoms with Crippen molar-refractivity contribution in [2.24, 2.45) is 16.7 Å². The molecule has 0 radical (unpaired) electrons. The predicted octanol–water partition coefficient (Wildman–Crippen LogP) is 4.35. The molecule has 53 heavy (non-hydrogen) atoms. The van der Waals surface area contributed by atoms with Crippen molar-refractivity contribution in [3.8, 4) is 5.75 Å². The van der Waals surface area contributed by atoms with Gasteiger partial charge in [-0.1, -0.05) is 58.2 Å². The predicted molar refractivity (Wildman–Crippen MR) is 193 cm³/mol. The van der Waals surface area contributed by atoms with Crippen LogP contribution in [0, 0.1) is 16.7 Å². The number of alkyl carbamates (subject to hydrolysis) is 1. The Morgan fingerprint density at radius 3 is 2.40 bits per heavy atom. The summed E-state index contributed by atoms with van der Waals surface area (Å²) in [5.41, 5.74) is -0.280. The summed E-state index contributed by atoms with van der Waals surface area (Å²) in [6, 6.07) is 3.51. The van der Waals surface area contributed by atoms with Gasteiger partial charge in [-0.2, -0.15) is 0 Å². The van der Waals surface area contributed by atoms with Crippen LogP contribution in [0.15, 0.2) is 30.9 Å². The molecule has 1 aromatic carbocycles. The third-order valence-corrected chi connectivity index (χ3v) is 12.9. The zero-order valence-corrected chi connectivity index (χ0v) is 31.7. The highest BCUT2D eigenvalue weighted by molar-refractivity contribution is 7.90. The first kappa shape index (κ1) is 38.6. The standard InChI is InChI=1S/C38H52N4O10S/c1-5-25-19-38(25,34(45)40-53(48,49)27-14-15-27)20-30(43)29-18-26-22-42(29)33(44)32(37(2,3)4)39-35(46)51-17-10-8-6-7-9-16-50-31-13-11-12-24-21-41(23-28(24)31)36(47)52-26/h5,11-13,25-27,29,32H,1,6-10,14-23H2,2-4H3,(H,39,46)(H,40,45)/t25-,26+,29?,32+,38-/m0/s1. The van der Waals surface area contributed by atoms with E-state index in [0.717, 1.165) is 42.6 Å². The maximum absolute atomic E-state index is 14.4. The van der Waals surface area contributed by atoms with Crippen LogP contribution in [0.1, 0.15) is 96.1 Å². The largest absolute Gasteiger partial charge is 0.493 e. The fourth-order valence-corrected chi connectivity index (χ4v) is 9.05. The number of benzene rings is 1. The first-order valence-corrected chi connectivity index (χ1v) is 20.3. The minimum atomic E-state index is -3.87. The number of carbonyl (C=O) groups is 5. The lowest BCUT2D eigenvalue weighted by Crippen LogP contribution is -2.57. The number of hydrogen-bond acceptors (Lipinski definition) is 10. The van der Waals surface area contributed by atoms with Gasteiger partial charge in [0.1, 0.15) is 17.9 Å². The molecule has 5 atom stereocenters. The first-order chi connectivity index (χ1) is 25.1. The molecule has 1 unspecified atom stereocenters. The van der Waals surface area contributed by atoms with E-state index in [1.807, 2.05) is 18.2 Å². The Kier molecular flexibility index (Phi) is 11.1. The van der Waals surface area contributed by atoms with Crippen molar-refractivity contribution in [1.29, 1.82) is 0 Å². The average Bonchev–Trinajstić information content (AvgIpc) is 3.99. The fourth-order valence-electron chi connectivity index (χ4n) is 7.67. The van der Waals surface area contributed by atoms with E-state index >= 15 is 0 Å². The Bertz CT molecular complexity index is 1740. The second-order valence-electron chi connectivity index (χ2n) is 16.2. The lowest BCUT2D eigenvalue weighted by molar-refractivity contribution is -0.142. The summed E-state index contributed by atoms with van der Waals surface area (Å²) in [6.07, 6.45) is 4.31. The average molecular weight is 757 g/mol. The number of rotatable bonds is 7. The van der Waals surface area contributed by atoms with Crippen molar-refractivity contribution in [2.75, 3.05) is 19.8 Å². The molecule has 2 N–H and O–H groups in total. The number of ether oxygens (including phenoxy) is 3. The summed E-state index contributed by atoms with van der Waals surface area (Å²) in [6.45, 7) is 10.3. The highest BCUT2D eigenvalue weighted by Crippen LogP contribution is 2.57. The molecule has 4 bridgehead atoms. The number of nitrogens with one attached hydrogen (secondary N) is 2. The van der Waals surface area contributed by atoms with Crippen molar-refractivity contribution in [3.05, 3.63) is 42.0 Å². The molecule has 0 spiro atoms. The van der Waals surface area contributed by atoms with E-state index in [9.17, 15) is 32.4 Å². The van der Waals surface area contributed by atoms with Crippen LogP contribution in [0.3, 0.4) is 0 Å². The van der Waals surface area contributed by atoms with E-state index in [4.69, 9.17) is 14.2 Å². The summed E-state index contributed by atoms with van der Waals surface area (Å²) in [5, 5.41) is 2.09. The first-order valence-electron chi connectivity index (χ1n) is 18.8. The lowest BCUT2D eigenvalue weighted by atomic mass is 9.85. The van der Waals surface area contributed by atoms with Gasteiger partial charge in [-0.15, -0.1) is 6.58 Å². The monoisotopic (exact) mass is 756 g/mol. The van der Waals surface area contributed by atoms with Gasteiger partial charge in [-0.05, 0) is 55.1 Å². The Morgan fingerprint density at radius 2 is 1.74 bits per heavy atom. The van der Waals surface area contributed by atoms with Gasteiger partial charge in [0.25, 0.3) is 0 Å². The molecule has 5 aliphatic rings. The SMILES string of the molecule is C=C[C@H]1C[C@@]1(CC(=O)C1C[C@@H]2CN1C(=O)[C@H](C(C)(C)C)NC(=O)OCCCCCCCOc1cccc3c1CN(C3)C(=O)O2)C(=O)NS(=O)(=O)C1CC1. The molecule has 2 saturated carbocycles. The Hall–Kier alpha value is -4.14. The van der Waals surface area contributed by atoms with Crippen LogP contribution in [0.2, 0.25) is 0 Å². The summed E-state index contributed by atoms with van der Waals surface area (Å²) in [7, 11) is -3.87. The van der Waals surface area contributed by atoms with Crippen molar-refractivity contribution in [1.82, 2.24) is 19.8 Å². The number of cyclic esters (lactones) is 1. The normalized spacial score (nSPS) is 28.7. The second kappa shape index (κ2) is 15.3. The molecule has 4 amide bonds. The van der Waals surface area contributed by atoms with Crippen LogP contribution in [0.4, 0.5) is 9.59 Å². The fraction of sp³-hybridized carbons (Fsp3) is 0.658. The summed E-state index contributed by atoms with van der Waals surface area (Å²) in [5.74, 6) is -1.51. The minimum Gasteiger partial charge on any atom is -0.493 e. The maximum atomic E-state index is 14.4. The molecule has 15 heteroatoms. The summed E-state index contributed by atoms with van der Waals surface area (Å²) in [4.78, 5) is 71.7. The zero-order valence-electron chi connectivity index (χ0n) is 30.9. The Balaban J connectivity index is 1.25. The quantitative estimate of drug-likeness (QED) is 0.380. The van der Waals surface area contributed by atoms with Crippen LogP contribution < -0.4 is 14.8 Å². The molecule has 1 saturated heterocycles. The molecule has 3 fully saturated rings. The molecular weight excluding hydrogens is 705 g/mol. The highest BCUT2D eigenvalue weighted by atomic mass is 32.2. The van der Waals surface area contributed by atoms with Gasteiger partial charge < -0.3 is 24.4 Å². The molecular formula is C38H52N4O10S. The third kappa shape index (κ3) is 8.65. The molecule has 0 aromatic heterocycles. The van der Waals surface area contributed by atoms with Gasteiger partial charge >= 0.3 is 12.2 Å². The van der Waals surface area contributed by atoms with Crippen molar-refractivity contribution < 1.29 is 46.6 Å². The number of hydrogen-bond donors (Lipinski definition) is 2. The molecule has 3 aliphatic heterocycles. The highest BCUT2D eigenvalue weighted by Gasteiger charge is 2.61. The number of ketones is 1. The smallest absolute Gasteiger partial charge is 0.410 e. The number of carbonyl (C=O) groups excluding carboxylic acids is 5. The molecule has 14 nitrogen and oxygen atoms in total. The summed E-state index contributed by atoms with van der Waals surface area (Å²) < 4.78 is 45.1. The van der Waals surface area contributed by atoms with E-state index in [1.165, 1.54) is 4.90 Å². The van der Waals surface area contributed by atoms with Crippen LogP contribution in [0.25, 0.3) is 0 Å². The minimum absolute atomic E-state index is 0.0381. The van der Waals surface area contributed by atoms with E-state index in [0.29, 0.717) is 32.4 Å². The van der Waals surface area contributed by atoms with Gasteiger partial charge in [-0.3, -0.25) is 24.0 Å². The maximum Gasteiger partial charge on any atom is 0.410 e. The molecule has 1 aromatic rings. The second-order valence-corrected chi connectivity index (χ2v) is 18.2. The molecule has 3 heterocycles. The Morgan fingerprint density at radius 1 is 1.04 bits per heavy atom. The molecule has 290 valence electrons. The summed E-state index contributed by atoms with van der Waals surface area (Å²) >= 11 is 0. The Labute approximate surface area is 311 Å². The van der Waals surface area contributed by atoms with Crippen LogP contribution >= 0.6 is 0 Å². The van der Waals surface area contributed by atoms with E-state index in [2.05, 4.69) is 16.6 Å². The number of fused-ring (bicyclic) bond motifs is 3. The van der Waals surface area contributed by atoms with Crippen LogP contribution in [0.5, 0.6) is 5.75 Å². The molecule has 6 rings (SSSR count). The number of amides is 4. The van der Waals surface area contributed by atoms with Gasteiger partial charge in [0.15, 0.2) is 5.78 Å². The van der Waals surface area contributed by atoms with Crippen LogP contribution in [-0.2, 0) is 47.0 Å². The third-order valence-electron chi connectivity index (χ3n) is 11.1. The number of nitrogens with zero attached hydrogens (tertiary/aromatic N) is 2. The van der Waals surface area contributed by atoms with Gasteiger partial charge in [-0.25, -0.2) is 18.0 Å². The van der Waals surface area contributed by atoms with Gasteiger partial charge in [0.05, 0.1) is 43.0 Å². The van der Waals surface area contributed by atoms with Crippen molar-refractivity contribution in [3.63, 3.8) is 0 Å². The van der Waals surface area contributed by atoms with Gasteiger partial charge in [0.2, 0.25) is 21.8 Å². The molecule has 2 aliphatic carbocycles. The number of sulfonamides is 1. The van der Waals surface area contributed by atoms with E-state index in [-0.39, 0.29) is 39.0 Å². The van der Waals surface area contributed by atoms with E-state index in [1.54, 1.807) is 31.7 Å². The lowest BCUT2D eigenvalue weighted by Gasteiger charge is -2.35. The van der Waals surface area contributed by atoms with Crippen molar-refractivity contribution >= 4 is 39.8 Å².